The molecule has 1 heterocycles. The van der Waals surface area contributed by atoms with Crippen LogP contribution in [0.5, 0.6) is 0 Å². The molecule has 1 saturated heterocycles. The van der Waals surface area contributed by atoms with Gasteiger partial charge in [-0.3, -0.25) is 0 Å². The molecular weight excluding hydrogens is 248 g/mol. The Labute approximate surface area is 90.8 Å². The van der Waals surface area contributed by atoms with Crippen LogP contribution in [0.15, 0.2) is 22.7 Å². The van der Waals surface area contributed by atoms with Crippen LogP contribution >= 0.6 is 15.9 Å². The fourth-order valence-electron chi connectivity index (χ4n) is 1.41. The summed E-state index contributed by atoms with van der Waals surface area (Å²) < 4.78 is 11.7. The van der Waals surface area contributed by atoms with Crippen LogP contribution in [0.3, 0.4) is 0 Å². The maximum absolute atomic E-state index is 9.00. The molecule has 76 valence electrons. The van der Waals surface area contributed by atoms with E-state index in [1.807, 2.05) is 18.2 Å². The molecule has 3 nitrogen and oxygen atoms in total. The van der Waals surface area contributed by atoms with Crippen LogP contribution in [0.2, 0.25) is 0 Å². The van der Waals surface area contributed by atoms with E-state index in [2.05, 4.69) is 15.9 Å². The number of benzene rings is 1. The molecule has 1 aliphatic heterocycles. The summed E-state index contributed by atoms with van der Waals surface area (Å²) in [6, 6.07) is 5.65. The van der Waals surface area contributed by atoms with Crippen molar-refractivity contribution in [1.82, 2.24) is 0 Å². The molecule has 14 heavy (non-hydrogen) atoms. The van der Waals surface area contributed by atoms with E-state index in [1.54, 1.807) is 0 Å². The second-order valence-electron chi connectivity index (χ2n) is 3.09. The van der Waals surface area contributed by atoms with Crippen LogP contribution < -0.4 is 0 Å². The fourth-order valence-corrected chi connectivity index (χ4v) is 1.84. The van der Waals surface area contributed by atoms with Gasteiger partial charge in [-0.25, -0.2) is 0 Å². The number of hydrogen-bond donors (Lipinski definition) is 1. The molecule has 0 aromatic heterocycles. The average Bonchev–Trinajstić information content (AvgIpc) is 2.71. The van der Waals surface area contributed by atoms with Crippen molar-refractivity contribution in [2.75, 3.05) is 13.2 Å². The van der Waals surface area contributed by atoms with Crippen LogP contribution in [-0.2, 0) is 16.1 Å². The Bertz CT molecular complexity index is 321. The smallest absolute Gasteiger partial charge is 0.185 e. The first-order valence-electron chi connectivity index (χ1n) is 4.43. The van der Waals surface area contributed by atoms with Gasteiger partial charge < -0.3 is 14.6 Å². The highest BCUT2D eigenvalue weighted by atomic mass is 79.9. The topological polar surface area (TPSA) is 38.7 Å². The van der Waals surface area contributed by atoms with Gasteiger partial charge in [0.2, 0.25) is 0 Å². The summed E-state index contributed by atoms with van der Waals surface area (Å²) in [6.45, 7) is 1.29. The zero-order chi connectivity index (χ0) is 9.97. The Morgan fingerprint density at radius 1 is 1.36 bits per heavy atom. The highest BCUT2D eigenvalue weighted by Crippen LogP contribution is 2.30. The highest BCUT2D eigenvalue weighted by molar-refractivity contribution is 9.10. The van der Waals surface area contributed by atoms with E-state index < -0.39 is 0 Å². The van der Waals surface area contributed by atoms with Crippen LogP contribution in [0.4, 0.5) is 0 Å². The molecule has 1 aromatic carbocycles. The summed E-state index contributed by atoms with van der Waals surface area (Å²) >= 11 is 3.43. The minimum absolute atomic E-state index is 0.0347. The third-order valence-electron chi connectivity index (χ3n) is 2.12. The predicted molar refractivity (Wildman–Crippen MR) is 54.7 cm³/mol. The van der Waals surface area contributed by atoms with Crippen LogP contribution in [0.1, 0.15) is 17.4 Å². The molecule has 0 radical (unpaired) electrons. The molecule has 1 aliphatic rings. The second-order valence-corrected chi connectivity index (χ2v) is 3.94. The monoisotopic (exact) mass is 258 g/mol. The van der Waals surface area contributed by atoms with E-state index in [0.717, 1.165) is 15.6 Å². The fraction of sp³-hybridized carbons (Fsp3) is 0.400. The summed E-state index contributed by atoms with van der Waals surface area (Å²) in [5.74, 6) is 0. The van der Waals surface area contributed by atoms with Crippen molar-refractivity contribution >= 4 is 15.9 Å². The SMILES string of the molecule is OCc1ccc(Br)c(C2OCCO2)c1. The van der Waals surface area contributed by atoms with Crippen molar-refractivity contribution in [1.29, 1.82) is 0 Å². The Balaban J connectivity index is 2.29. The van der Waals surface area contributed by atoms with Gasteiger partial charge >= 0.3 is 0 Å². The summed E-state index contributed by atoms with van der Waals surface area (Å²) in [5.41, 5.74) is 1.80. The van der Waals surface area contributed by atoms with Gasteiger partial charge in [-0.15, -0.1) is 0 Å². The number of rotatable bonds is 2. The second kappa shape index (κ2) is 4.40. The lowest BCUT2D eigenvalue weighted by atomic mass is 10.1. The Kier molecular flexibility index (Phi) is 3.18. The third-order valence-corrected chi connectivity index (χ3v) is 2.84. The molecule has 4 heteroatoms. The lowest BCUT2D eigenvalue weighted by Crippen LogP contribution is -2.00. The number of hydrogen-bond acceptors (Lipinski definition) is 3. The highest BCUT2D eigenvalue weighted by Gasteiger charge is 2.20. The number of aliphatic hydroxyl groups is 1. The summed E-state index contributed by atoms with van der Waals surface area (Å²) in [4.78, 5) is 0. The molecule has 0 spiro atoms. The first-order chi connectivity index (χ1) is 6.81. The van der Waals surface area contributed by atoms with Crippen molar-refractivity contribution in [3.05, 3.63) is 33.8 Å². The van der Waals surface area contributed by atoms with Gasteiger partial charge in [-0.05, 0) is 17.7 Å². The molecule has 0 amide bonds. The van der Waals surface area contributed by atoms with Gasteiger partial charge in [0.1, 0.15) is 0 Å². The minimum atomic E-state index is -0.295. The largest absolute Gasteiger partial charge is 0.392 e. The standard InChI is InChI=1S/C10H11BrO3/c11-9-2-1-7(6-12)5-8(9)10-13-3-4-14-10/h1-2,5,10,12H,3-4,6H2. The van der Waals surface area contributed by atoms with Crippen LogP contribution in [0, 0.1) is 0 Å². The summed E-state index contributed by atoms with van der Waals surface area (Å²) in [7, 11) is 0. The Hall–Kier alpha value is -0.420. The number of ether oxygens (including phenoxy) is 2. The van der Waals surface area contributed by atoms with Gasteiger partial charge in [-0.2, -0.15) is 0 Å². The third kappa shape index (κ3) is 1.98. The Morgan fingerprint density at radius 3 is 2.71 bits per heavy atom. The molecule has 1 N–H and O–H groups in total. The molecular formula is C10H11BrO3. The van der Waals surface area contributed by atoms with E-state index >= 15 is 0 Å². The summed E-state index contributed by atoms with van der Waals surface area (Å²) in [5, 5.41) is 9.00. The summed E-state index contributed by atoms with van der Waals surface area (Å²) in [6.07, 6.45) is -0.295. The minimum Gasteiger partial charge on any atom is -0.392 e. The van der Waals surface area contributed by atoms with Gasteiger partial charge in [0.25, 0.3) is 0 Å². The predicted octanol–water partition coefficient (Wildman–Crippen LogP) is 1.99. The van der Waals surface area contributed by atoms with E-state index in [4.69, 9.17) is 14.6 Å². The first kappa shape index (κ1) is 10.1. The van der Waals surface area contributed by atoms with Crippen molar-refractivity contribution in [2.45, 2.75) is 12.9 Å². The molecule has 0 unspecified atom stereocenters. The average molecular weight is 259 g/mol. The van der Waals surface area contributed by atoms with E-state index in [0.29, 0.717) is 13.2 Å². The van der Waals surface area contributed by atoms with E-state index in [9.17, 15) is 0 Å². The van der Waals surface area contributed by atoms with Gasteiger partial charge in [0, 0.05) is 10.0 Å². The zero-order valence-electron chi connectivity index (χ0n) is 7.57. The van der Waals surface area contributed by atoms with Gasteiger partial charge in [0.05, 0.1) is 19.8 Å². The maximum Gasteiger partial charge on any atom is 0.185 e. The van der Waals surface area contributed by atoms with Crippen molar-refractivity contribution in [2.24, 2.45) is 0 Å². The lowest BCUT2D eigenvalue weighted by Gasteiger charge is -2.12. The van der Waals surface area contributed by atoms with Gasteiger partial charge in [-0.1, -0.05) is 22.0 Å². The van der Waals surface area contributed by atoms with Crippen LogP contribution in [-0.4, -0.2) is 18.3 Å². The molecule has 0 atom stereocenters. The number of halogens is 1. The first-order valence-corrected chi connectivity index (χ1v) is 5.23. The maximum atomic E-state index is 9.00. The Morgan fingerprint density at radius 2 is 2.07 bits per heavy atom. The lowest BCUT2D eigenvalue weighted by molar-refractivity contribution is -0.0447. The molecule has 2 rings (SSSR count). The molecule has 1 fully saturated rings. The molecule has 0 saturated carbocycles. The number of aliphatic hydroxyl groups excluding tert-OH is 1. The quantitative estimate of drug-likeness (QED) is 0.882. The van der Waals surface area contributed by atoms with Crippen molar-refractivity contribution in [3.63, 3.8) is 0 Å². The van der Waals surface area contributed by atoms with E-state index in [1.165, 1.54) is 0 Å². The van der Waals surface area contributed by atoms with Crippen molar-refractivity contribution in [3.8, 4) is 0 Å². The normalized spacial score (nSPS) is 17.6. The van der Waals surface area contributed by atoms with E-state index in [-0.39, 0.29) is 12.9 Å². The molecule has 0 aliphatic carbocycles. The van der Waals surface area contributed by atoms with Gasteiger partial charge in [0.15, 0.2) is 6.29 Å². The van der Waals surface area contributed by atoms with Crippen LogP contribution in [0.25, 0.3) is 0 Å². The zero-order valence-corrected chi connectivity index (χ0v) is 9.16. The van der Waals surface area contributed by atoms with Crippen molar-refractivity contribution < 1.29 is 14.6 Å². The molecule has 0 bridgehead atoms. The molecule has 1 aromatic rings.